The van der Waals surface area contributed by atoms with Gasteiger partial charge in [0, 0.05) is 10.1 Å². The highest BCUT2D eigenvalue weighted by molar-refractivity contribution is 8.00. The molecule has 2 rings (SSSR count). The van der Waals surface area contributed by atoms with Gasteiger partial charge in [0.2, 0.25) is 0 Å². The normalized spacial score (nSPS) is 22.8. The third kappa shape index (κ3) is 2.45. The van der Waals surface area contributed by atoms with Crippen LogP contribution < -0.4 is 0 Å². The molecule has 1 atom stereocenters. The van der Waals surface area contributed by atoms with Crippen molar-refractivity contribution >= 4 is 11.8 Å². The number of hydrogen-bond acceptors (Lipinski definition) is 1. The Labute approximate surface area is 104 Å². The van der Waals surface area contributed by atoms with Crippen molar-refractivity contribution in [3.63, 3.8) is 0 Å². The summed E-state index contributed by atoms with van der Waals surface area (Å²) in [6.45, 7) is 7.03. The van der Waals surface area contributed by atoms with E-state index >= 15 is 0 Å². The van der Waals surface area contributed by atoms with Gasteiger partial charge in [0.1, 0.15) is 0 Å². The minimum Gasteiger partial charge on any atom is -0.122 e. The second-order valence-electron chi connectivity index (χ2n) is 5.39. The Morgan fingerprint density at radius 3 is 3.06 bits per heavy atom. The van der Waals surface area contributed by atoms with E-state index in [1.807, 2.05) is 6.07 Å². The van der Waals surface area contributed by atoms with Crippen LogP contribution in [0, 0.1) is 6.07 Å². The lowest BCUT2D eigenvalue weighted by Gasteiger charge is -2.37. The molecule has 0 nitrogen and oxygen atoms in total. The van der Waals surface area contributed by atoms with Crippen molar-refractivity contribution in [1.82, 2.24) is 0 Å². The number of unbranched alkanes of at least 4 members (excludes halogenated alkanes) is 1. The summed E-state index contributed by atoms with van der Waals surface area (Å²) in [6, 6.07) is 9.68. The van der Waals surface area contributed by atoms with Crippen LogP contribution >= 0.6 is 11.8 Å². The predicted molar refractivity (Wildman–Crippen MR) is 72.1 cm³/mol. The summed E-state index contributed by atoms with van der Waals surface area (Å²) in [5.41, 5.74) is 1.82. The Morgan fingerprint density at radius 2 is 2.31 bits per heavy atom. The van der Waals surface area contributed by atoms with E-state index in [9.17, 15) is 0 Å². The van der Waals surface area contributed by atoms with E-state index in [0.717, 1.165) is 5.25 Å². The molecular formula is C15H21S. The molecule has 1 heteroatoms. The topological polar surface area (TPSA) is 0 Å². The first-order chi connectivity index (χ1) is 7.63. The summed E-state index contributed by atoms with van der Waals surface area (Å²) in [5, 5.41) is 0.810. The molecule has 1 aliphatic rings. The van der Waals surface area contributed by atoms with Gasteiger partial charge in [-0.15, -0.1) is 11.8 Å². The van der Waals surface area contributed by atoms with Gasteiger partial charge in [-0.05, 0) is 42.0 Å². The van der Waals surface area contributed by atoms with Crippen molar-refractivity contribution in [1.29, 1.82) is 0 Å². The molecule has 1 aromatic rings. The van der Waals surface area contributed by atoms with Gasteiger partial charge < -0.3 is 0 Å². The van der Waals surface area contributed by atoms with Crippen LogP contribution in [0.2, 0.25) is 0 Å². The van der Waals surface area contributed by atoms with E-state index in [1.54, 1.807) is 0 Å². The van der Waals surface area contributed by atoms with Crippen molar-refractivity contribution < 1.29 is 0 Å². The van der Waals surface area contributed by atoms with Gasteiger partial charge in [0.15, 0.2) is 0 Å². The second-order valence-corrected chi connectivity index (χ2v) is 6.73. The summed E-state index contributed by atoms with van der Waals surface area (Å²) in [5.74, 6) is 0. The molecule has 0 N–H and O–H groups in total. The van der Waals surface area contributed by atoms with Crippen LogP contribution in [0.25, 0.3) is 0 Å². The minimum atomic E-state index is 0.330. The van der Waals surface area contributed by atoms with E-state index in [0.29, 0.717) is 5.41 Å². The monoisotopic (exact) mass is 233 g/mol. The summed E-state index contributed by atoms with van der Waals surface area (Å²) in [4.78, 5) is 1.48. The Bertz CT molecular complexity index is 354. The zero-order valence-electron chi connectivity index (χ0n) is 10.5. The lowest BCUT2D eigenvalue weighted by Crippen LogP contribution is -2.28. The van der Waals surface area contributed by atoms with Crippen LogP contribution in [-0.4, -0.2) is 5.25 Å². The summed E-state index contributed by atoms with van der Waals surface area (Å²) in [7, 11) is 0. The van der Waals surface area contributed by atoms with Crippen molar-refractivity contribution in [2.75, 3.05) is 0 Å². The zero-order valence-corrected chi connectivity index (χ0v) is 11.4. The minimum absolute atomic E-state index is 0.330. The Kier molecular flexibility index (Phi) is 3.63. The SMILES string of the molecule is CCCCC1CC(C)(C)c2c[c]ccc2S1. The molecule has 16 heavy (non-hydrogen) atoms. The van der Waals surface area contributed by atoms with Crippen molar-refractivity contribution in [3.8, 4) is 0 Å². The number of rotatable bonds is 3. The number of hydrogen-bond donors (Lipinski definition) is 0. The Balaban J connectivity index is 2.19. The standard InChI is InChI=1S/C15H21S/c1-4-5-8-12-11-15(2,3)13-9-6-7-10-14(13)16-12/h7,9-10,12H,4-5,8,11H2,1-3H3. The molecule has 0 saturated heterocycles. The second kappa shape index (κ2) is 4.83. The van der Waals surface area contributed by atoms with E-state index in [1.165, 1.54) is 36.1 Å². The molecule has 1 aliphatic heterocycles. The third-order valence-corrected chi connectivity index (χ3v) is 4.81. The maximum absolute atomic E-state index is 3.22. The number of benzene rings is 1. The molecule has 0 amide bonds. The lowest BCUT2D eigenvalue weighted by molar-refractivity contribution is 0.438. The van der Waals surface area contributed by atoms with Gasteiger partial charge in [-0.1, -0.05) is 39.7 Å². The number of thioether (sulfide) groups is 1. The summed E-state index contributed by atoms with van der Waals surface area (Å²) < 4.78 is 0. The largest absolute Gasteiger partial charge is 0.122 e. The molecule has 1 radical (unpaired) electrons. The van der Waals surface area contributed by atoms with Gasteiger partial charge in [-0.3, -0.25) is 0 Å². The molecule has 1 aromatic carbocycles. The lowest BCUT2D eigenvalue weighted by atomic mass is 9.79. The molecule has 87 valence electrons. The molecule has 0 fully saturated rings. The first-order valence-electron chi connectivity index (χ1n) is 6.31. The van der Waals surface area contributed by atoms with Gasteiger partial charge in [0.05, 0.1) is 0 Å². The van der Waals surface area contributed by atoms with Gasteiger partial charge in [-0.2, -0.15) is 0 Å². The van der Waals surface area contributed by atoms with Gasteiger partial charge in [0.25, 0.3) is 0 Å². The summed E-state index contributed by atoms with van der Waals surface area (Å²) >= 11 is 2.08. The average molecular weight is 233 g/mol. The van der Waals surface area contributed by atoms with Crippen LogP contribution in [0.3, 0.4) is 0 Å². The van der Waals surface area contributed by atoms with Crippen LogP contribution in [0.4, 0.5) is 0 Å². The highest BCUT2D eigenvalue weighted by atomic mass is 32.2. The highest BCUT2D eigenvalue weighted by Crippen LogP contribution is 2.46. The fourth-order valence-electron chi connectivity index (χ4n) is 2.54. The van der Waals surface area contributed by atoms with E-state index in [-0.39, 0.29) is 0 Å². The van der Waals surface area contributed by atoms with E-state index in [2.05, 4.69) is 50.7 Å². The third-order valence-electron chi connectivity index (χ3n) is 3.46. The molecule has 0 aliphatic carbocycles. The number of fused-ring (bicyclic) bond motifs is 1. The van der Waals surface area contributed by atoms with Crippen LogP contribution in [0.15, 0.2) is 23.1 Å². The summed E-state index contributed by atoms with van der Waals surface area (Å²) in [6.07, 6.45) is 5.35. The van der Waals surface area contributed by atoms with Crippen LogP contribution in [0.5, 0.6) is 0 Å². The maximum atomic E-state index is 3.22. The molecular weight excluding hydrogens is 212 g/mol. The quantitative estimate of drug-likeness (QED) is 0.721. The fraction of sp³-hybridized carbons (Fsp3) is 0.600. The van der Waals surface area contributed by atoms with E-state index < -0.39 is 0 Å². The smallest absolute Gasteiger partial charge is 0.0113 e. The van der Waals surface area contributed by atoms with Gasteiger partial charge in [-0.25, -0.2) is 0 Å². The first kappa shape index (κ1) is 12.0. The molecule has 1 heterocycles. The van der Waals surface area contributed by atoms with Crippen LogP contribution in [-0.2, 0) is 5.41 Å². The molecule has 0 bridgehead atoms. The van der Waals surface area contributed by atoms with Gasteiger partial charge >= 0.3 is 0 Å². The highest BCUT2D eigenvalue weighted by Gasteiger charge is 2.32. The molecule has 0 aromatic heterocycles. The Morgan fingerprint density at radius 1 is 1.50 bits per heavy atom. The van der Waals surface area contributed by atoms with Crippen molar-refractivity contribution in [2.24, 2.45) is 0 Å². The predicted octanol–water partition coefficient (Wildman–Crippen LogP) is 4.82. The molecule has 0 spiro atoms. The Hall–Kier alpha value is -0.430. The van der Waals surface area contributed by atoms with E-state index in [4.69, 9.17) is 0 Å². The molecule has 1 unspecified atom stereocenters. The van der Waals surface area contributed by atoms with Crippen molar-refractivity contribution in [3.05, 3.63) is 29.8 Å². The first-order valence-corrected chi connectivity index (χ1v) is 7.18. The van der Waals surface area contributed by atoms with Crippen LogP contribution in [0.1, 0.15) is 52.0 Å². The average Bonchev–Trinajstić information content (AvgIpc) is 2.25. The van der Waals surface area contributed by atoms with Crippen molar-refractivity contribution in [2.45, 2.75) is 62.0 Å². The molecule has 0 saturated carbocycles. The maximum Gasteiger partial charge on any atom is 0.0113 e. The fourth-order valence-corrected chi connectivity index (χ4v) is 4.29. The zero-order chi connectivity index (χ0) is 11.6.